The molecule has 0 aromatic heterocycles. The van der Waals surface area contributed by atoms with Gasteiger partial charge in [0, 0.05) is 22.0 Å². The molecular formula is C15H16ClFN2S. The van der Waals surface area contributed by atoms with Crippen LogP contribution >= 0.6 is 23.4 Å². The van der Waals surface area contributed by atoms with Crippen LogP contribution in [0.15, 0.2) is 46.2 Å². The third kappa shape index (κ3) is 3.66. The second-order valence-electron chi connectivity index (χ2n) is 4.75. The molecule has 0 aliphatic carbocycles. The van der Waals surface area contributed by atoms with Crippen LogP contribution in [0.3, 0.4) is 0 Å². The molecule has 106 valence electrons. The number of rotatable bonds is 4. The number of anilines is 1. The summed E-state index contributed by atoms with van der Waals surface area (Å²) in [6, 6.07) is 10.9. The first-order chi connectivity index (χ1) is 9.47. The topological polar surface area (TPSA) is 29.3 Å². The average molecular weight is 311 g/mol. The van der Waals surface area contributed by atoms with Crippen LogP contribution in [0, 0.1) is 5.82 Å². The van der Waals surface area contributed by atoms with E-state index < -0.39 is 5.82 Å². The molecule has 0 bridgehead atoms. The van der Waals surface area contributed by atoms with Crippen LogP contribution in [-0.4, -0.2) is 19.0 Å². The van der Waals surface area contributed by atoms with Gasteiger partial charge in [0.2, 0.25) is 0 Å². The molecular weight excluding hydrogens is 295 g/mol. The predicted molar refractivity (Wildman–Crippen MR) is 83.8 cm³/mol. The summed E-state index contributed by atoms with van der Waals surface area (Å²) >= 11 is 7.17. The Morgan fingerprint density at radius 1 is 1.20 bits per heavy atom. The van der Waals surface area contributed by atoms with E-state index in [-0.39, 0.29) is 5.02 Å². The molecule has 0 aliphatic heterocycles. The van der Waals surface area contributed by atoms with E-state index in [9.17, 15) is 4.39 Å². The number of nitrogens with two attached hydrogens (primary N) is 1. The van der Waals surface area contributed by atoms with Gasteiger partial charge < -0.3 is 10.6 Å². The monoisotopic (exact) mass is 310 g/mol. The summed E-state index contributed by atoms with van der Waals surface area (Å²) in [5.74, 6) is -0.451. The molecule has 2 N–H and O–H groups in total. The molecule has 0 saturated carbocycles. The number of nitrogen functional groups attached to an aromatic ring is 1. The Labute approximate surface area is 127 Å². The lowest BCUT2D eigenvalue weighted by Crippen LogP contribution is -2.11. The van der Waals surface area contributed by atoms with Crippen LogP contribution in [-0.2, 0) is 6.54 Å². The quantitative estimate of drug-likeness (QED) is 0.855. The van der Waals surface area contributed by atoms with E-state index in [1.807, 2.05) is 32.3 Å². The molecule has 0 saturated heterocycles. The van der Waals surface area contributed by atoms with Gasteiger partial charge in [0.25, 0.3) is 0 Å². The molecule has 0 unspecified atom stereocenters. The van der Waals surface area contributed by atoms with Crippen LogP contribution in [0.2, 0.25) is 5.02 Å². The summed E-state index contributed by atoms with van der Waals surface area (Å²) in [7, 11) is 4.02. The summed E-state index contributed by atoms with van der Waals surface area (Å²) in [6.07, 6.45) is 0. The molecule has 0 heterocycles. The van der Waals surface area contributed by atoms with E-state index in [1.54, 1.807) is 0 Å². The second kappa shape index (κ2) is 6.48. The molecule has 0 amide bonds. The van der Waals surface area contributed by atoms with E-state index in [4.69, 9.17) is 17.3 Å². The van der Waals surface area contributed by atoms with Gasteiger partial charge in [-0.15, -0.1) is 0 Å². The van der Waals surface area contributed by atoms with Crippen LogP contribution in [0.5, 0.6) is 0 Å². The Balaban J connectivity index is 2.33. The summed E-state index contributed by atoms with van der Waals surface area (Å²) in [4.78, 5) is 3.83. The number of halogens is 2. The summed E-state index contributed by atoms with van der Waals surface area (Å²) in [5, 5.41) is 0.0495. The molecule has 2 aromatic rings. The standard InChI is InChI=1S/C15H16ClFN2S/c1-19(2)9-10-5-3-4-6-14(10)20-15-8-12(17)11(16)7-13(15)18/h3-8H,9,18H2,1-2H3. The van der Waals surface area contributed by atoms with Gasteiger partial charge in [0.1, 0.15) is 5.82 Å². The fourth-order valence-corrected chi connectivity index (χ4v) is 2.98. The molecule has 0 aliphatic rings. The summed E-state index contributed by atoms with van der Waals surface area (Å²) < 4.78 is 13.6. The van der Waals surface area contributed by atoms with Gasteiger partial charge in [0.05, 0.1) is 5.02 Å². The fraction of sp³-hybridized carbons (Fsp3) is 0.200. The van der Waals surface area contributed by atoms with E-state index in [0.29, 0.717) is 10.6 Å². The molecule has 20 heavy (non-hydrogen) atoms. The minimum absolute atomic E-state index is 0.0495. The minimum atomic E-state index is -0.451. The molecule has 0 atom stereocenters. The normalized spacial score (nSPS) is 11.1. The lowest BCUT2D eigenvalue weighted by atomic mass is 10.2. The Kier molecular flexibility index (Phi) is 4.91. The van der Waals surface area contributed by atoms with Gasteiger partial charge in [-0.3, -0.25) is 0 Å². The lowest BCUT2D eigenvalue weighted by Gasteiger charge is -2.14. The number of nitrogens with zero attached hydrogens (tertiary/aromatic N) is 1. The summed E-state index contributed by atoms with van der Waals surface area (Å²) in [6.45, 7) is 0.819. The van der Waals surface area contributed by atoms with Crippen molar-refractivity contribution in [2.24, 2.45) is 0 Å². The van der Waals surface area contributed by atoms with Crippen molar-refractivity contribution in [3.8, 4) is 0 Å². The van der Waals surface area contributed by atoms with Crippen molar-refractivity contribution >= 4 is 29.1 Å². The van der Waals surface area contributed by atoms with Crippen molar-refractivity contribution in [1.82, 2.24) is 4.90 Å². The molecule has 2 aromatic carbocycles. The van der Waals surface area contributed by atoms with Gasteiger partial charge >= 0.3 is 0 Å². The van der Waals surface area contributed by atoms with Crippen LogP contribution < -0.4 is 5.73 Å². The van der Waals surface area contributed by atoms with Gasteiger partial charge in [0.15, 0.2) is 0 Å². The highest BCUT2D eigenvalue weighted by atomic mass is 35.5. The van der Waals surface area contributed by atoms with Crippen LogP contribution in [0.1, 0.15) is 5.56 Å². The predicted octanol–water partition coefficient (Wildman–Crippen LogP) is 4.27. The zero-order chi connectivity index (χ0) is 14.7. The number of hydrogen-bond donors (Lipinski definition) is 1. The third-order valence-electron chi connectivity index (χ3n) is 2.73. The maximum absolute atomic E-state index is 13.6. The van der Waals surface area contributed by atoms with Gasteiger partial charge in [-0.1, -0.05) is 41.6 Å². The fourth-order valence-electron chi connectivity index (χ4n) is 1.83. The first-order valence-electron chi connectivity index (χ1n) is 6.12. The smallest absolute Gasteiger partial charge is 0.143 e. The Morgan fingerprint density at radius 3 is 2.60 bits per heavy atom. The first kappa shape index (κ1) is 15.2. The Morgan fingerprint density at radius 2 is 1.90 bits per heavy atom. The van der Waals surface area contributed by atoms with Gasteiger partial charge in [-0.05, 0) is 37.9 Å². The average Bonchev–Trinajstić information content (AvgIpc) is 2.37. The van der Waals surface area contributed by atoms with Crippen molar-refractivity contribution in [1.29, 1.82) is 0 Å². The molecule has 2 nitrogen and oxygen atoms in total. The zero-order valence-corrected chi connectivity index (χ0v) is 12.9. The maximum atomic E-state index is 13.6. The molecule has 2 rings (SSSR count). The number of hydrogen-bond acceptors (Lipinski definition) is 3. The van der Waals surface area contributed by atoms with E-state index >= 15 is 0 Å². The van der Waals surface area contributed by atoms with Crippen LogP contribution in [0.25, 0.3) is 0 Å². The van der Waals surface area contributed by atoms with Crippen LogP contribution in [0.4, 0.5) is 10.1 Å². The molecule has 5 heteroatoms. The molecule has 0 spiro atoms. The Bertz CT molecular complexity index is 617. The van der Waals surface area contributed by atoms with Crippen molar-refractivity contribution in [2.45, 2.75) is 16.3 Å². The van der Waals surface area contributed by atoms with E-state index in [1.165, 1.54) is 29.5 Å². The number of benzene rings is 2. The molecule has 0 fully saturated rings. The maximum Gasteiger partial charge on any atom is 0.143 e. The van der Waals surface area contributed by atoms with Gasteiger partial charge in [-0.25, -0.2) is 4.39 Å². The SMILES string of the molecule is CN(C)Cc1ccccc1Sc1cc(F)c(Cl)cc1N. The third-order valence-corrected chi connectivity index (χ3v) is 4.21. The van der Waals surface area contributed by atoms with Crippen molar-refractivity contribution in [3.05, 3.63) is 52.8 Å². The summed E-state index contributed by atoms with van der Waals surface area (Å²) in [5.41, 5.74) is 7.57. The highest BCUT2D eigenvalue weighted by Gasteiger charge is 2.10. The van der Waals surface area contributed by atoms with E-state index in [2.05, 4.69) is 11.0 Å². The van der Waals surface area contributed by atoms with E-state index in [0.717, 1.165) is 11.4 Å². The minimum Gasteiger partial charge on any atom is -0.398 e. The first-order valence-corrected chi connectivity index (χ1v) is 7.32. The highest BCUT2D eigenvalue weighted by Crippen LogP contribution is 2.36. The second-order valence-corrected chi connectivity index (χ2v) is 6.24. The van der Waals surface area contributed by atoms with Crippen molar-refractivity contribution in [3.63, 3.8) is 0 Å². The van der Waals surface area contributed by atoms with Crippen molar-refractivity contribution in [2.75, 3.05) is 19.8 Å². The van der Waals surface area contributed by atoms with Gasteiger partial charge in [-0.2, -0.15) is 0 Å². The van der Waals surface area contributed by atoms with Crippen molar-refractivity contribution < 1.29 is 4.39 Å². The Hall–Kier alpha value is -1.23. The zero-order valence-electron chi connectivity index (χ0n) is 11.4. The highest BCUT2D eigenvalue weighted by molar-refractivity contribution is 7.99. The lowest BCUT2D eigenvalue weighted by molar-refractivity contribution is 0.399. The largest absolute Gasteiger partial charge is 0.398 e. The molecule has 0 radical (unpaired) electrons.